The highest BCUT2D eigenvalue weighted by molar-refractivity contribution is 9.10. The SMILES string of the molecule is CCCC1(C(=O)Cc2ccc(F)c(Br)c2)CCCNC1. The van der Waals surface area contributed by atoms with E-state index in [4.69, 9.17) is 0 Å². The average molecular weight is 342 g/mol. The molecule has 1 atom stereocenters. The molecule has 4 heteroatoms. The van der Waals surface area contributed by atoms with Crippen LogP contribution in [-0.4, -0.2) is 18.9 Å². The summed E-state index contributed by atoms with van der Waals surface area (Å²) in [4.78, 5) is 12.7. The van der Waals surface area contributed by atoms with Crippen LogP contribution in [0, 0.1) is 11.2 Å². The van der Waals surface area contributed by atoms with Crippen molar-refractivity contribution in [2.24, 2.45) is 5.41 Å². The number of carbonyl (C=O) groups excluding carboxylic acids is 1. The number of hydrogen-bond acceptors (Lipinski definition) is 2. The van der Waals surface area contributed by atoms with Crippen molar-refractivity contribution in [2.75, 3.05) is 13.1 Å². The maximum Gasteiger partial charge on any atom is 0.144 e. The third-order valence-electron chi connectivity index (χ3n) is 4.14. The predicted molar refractivity (Wildman–Crippen MR) is 82.3 cm³/mol. The monoisotopic (exact) mass is 341 g/mol. The second kappa shape index (κ2) is 6.81. The molecular formula is C16H21BrFNO. The number of halogens is 2. The van der Waals surface area contributed by atoms with Gasteiger partial charge in [-0.15, -0.1) is 0 Å². The summed E-state index contributed by atoms with van der Waals surface area (Å²) < 4.78 is 13.7. The molecule has 1 heterocycles. The number of hydrogen-bond donors (Lipinski definition) is 1. The highest BCUT2D eigenvalue weighted by Crippen LogP contribution is 2.34. The van der Waals surface area contributed by atoms with E-state index in [0.29, 0.717) is 10.9 Å². The molecule has 1 aromatic rings. The summed E-state index contributed by atoms with van der Waals surface area (Å²) in [5, 5.41) is 3.36. The first-order valence-electron chi connectivity index (χ1n) is 7.25. The fourth-order valence-electron chi connectivity index (χ4n) is 3.06. The summed E-state index contributed by atoms with van der Waals surface area (Å²) in [6, 6.07) is 4.83. The van der Waals surface area contributed by atoms with Gasteiger partial charge in [0.2, 0.25) is 0 Å². The Morgan fingerprint density at radius 1 is 1.50 bits per heavy atom. The van der Waals surface area contributed by atoms with Crippen LogP contribution in [0.5, 0.6) is 0 Å². The van der Waals surface area contributed by atoms with Gasteiger partial charge in [0.15, 0.2) is 0 Å². The summed E-state index contributed by atoms with van der Waals surface area (Å²) in [6.07, 6.45) is 4.36. The van der Waals surface area contributed by atoms with Crippen LogP contribution in [0.4, 0.5) is 4.39 Å². The Morgan fingerprint density at radius 2 is 2.30 bits per heavy atom. The van der Waals surface area contributed by atoms with E-state index in [1.54, 1.807) is 12.1 Å². The fourth-order valence-corrected chi connectivity index (χ4v) is 3.49. The smallest absolute Gasteiger partial charge is 0.144 e. The Morgan fingerprint density at radius 3 is 2.90 bits per heavy atom. The first kappa shape index (κ1) is 15.6. The molecule has 1 aliphatic rings. The van der Waals surface area contributed by atoms with Gasteiger partial charge in [0, 0.05) is 18.4 Å². The Bertz CT molecular complexity index is 478. The van der Waals surface area contributed by atoms with Crippen molar-refractivity contribution in [1.29, 1.82) is 0 Å². The third kappa shape index (κ3) is 3.47. The molecule has 0 aliphatic carbocycles. The number of Topliss-reactive ketones (excluding diaryl/α,β-unsaturated/α-hetero) is 1. The van der Waals surface area contributed by atoms with Gasteiger partial charge in [0.05, 0.1) is 4.47 Å². The molecule has 0 radical (unpaired) electrons. The van der Waals surface area contributed by atoms with E-state index in [-0.39, 0.29) is 17.0 Å². The lowest BCUT2D eigenvalue weighted by atomic mass is 9.72. The molecule has 2 rings (SSSR count). The minimum atomic E-state index is -0.288. The first-order valence-corrected chi connectivity index (χ1v) is 8.05. The Labute approximate surface area is 128 Å². The minimum absolute atomic E-state index is 0.228. The minimum Gasteiger partial charge on any atom is -0.316 e. The topological polar surface area (TPSA) is 29.1 Å². The van der Waals surface area contributed by atoms with Crippen molar-refractivity contribution in [2.45, 2.75) is 39.0 Å². The summed E-state index contributed by atoms with van der Waals surface area (Å²) in [5.74, 6) is -0.00568. The molecule has 1 unspecified atom stereocenters. The molecule has 1 aliphatic heterocycles. The number of carbonyl (C=O) groups is 1. The van der Waals surface area contributed by atoms with E-state index in [2.05, 4.69) is 28.2 Å². The summed E-state index contributed by atoms with van der Waals surface area (Å²) in [5.41, 5.74) is 0.651. The zero-order valence-electron chi connectivity index (χ0n) is 11.8. The lowest BCUT2D eigenvalue weighted by molar-refractivity contribution is -0.129. The van der Waals surface area contributed by atoms with Crippen LogP contribution in [-0.2, 0) is 11.2 Å². The van der Waals surface area contributed by atoms with Crippen LogP contribution >= 0.6 is 15.9 Å². The van der Waals surface area contributed by atoms with Gasteiger partial charge in [-0.05, 0) is 59.4 Å². The molecule has 1 saturated heterocycles. The summed E-state index contributed by atoms with van der Waals surface area (Å²) in [7, 11) is 0. The van der Waals surface area contributed by atoms with E-state index < -0.39 is 0 Å². The van der Waals surface area contributed by atoms with Crippen molar-refractivity contribution in [3.05, 3.63) is 34.1 Å². The van der Waals surface area contributed by atoms with E-state index in [0.717, 1.165) is 44.3 Å². The standard InChI is InChI=1S/C16H21BrFNO/c1-2-6-16(7-3-8-19-11-16)15(20)10-12-4-5-14(18)13(17)9-12/h4-5,9,19H,2-3,6-8,10-11H2,1H3. The Balaban J connectivity index is 2.13. The number of ketones is 1. The molecule has 0 amide bonds. The highest BCUT2D eigenvalue weighted by Gasteiger charge is 2.37. The molecule has 0 saturated carbocycles. The summed E-state index contributed by atoms with van der Waals surface area (Å²) >= 11 is 3.18. The van der Waals surface area contributed by atoms with E-state index in [9.17, 15) is 9.18 Å². The molecule has 1 aromatic carbocycles. The Kier molecular flexibility index (Phi) is 5.33. The van der Waals surface area contributed by atoms with Crippen molar-refractivity contribution < 1.29 is 9.18 Å². The zero-order chi connectivity index (χ0) is 14.6. The molecular weight excluding hydrogens is 321 g/mol. The maximum absolute atomic E-state index is 13.2. The molecule has 0 bridgehead atoms. The van der Waals surface area contributed by atoms with Gasteiger partial charge in [-0.2, -0.15) is 0 Å². The Hall–Kier alpha value is -0.740. The molecule has 0 aromatic heterocycles. The van der Waals surface area contributed by atoms with Gasteiger partial charge in [-0.3, -0.25) is 4.79 Å². The quantitative estimate of drug-likeness (QED) is 0.880. The van der Waals surface area contributed by atoms with Gasteiger partial charge in [-0.25, -0.2) is 4.39 Å². The van der Waals surface area contributed by atoms with Crippen LogP contribution in [0.15, 0.2) is 22.7 Å². The molecule has 2 nitrogen and oxygen atoms in total. The fraction of sp³-hybridized carbons (Fsp3) is 0.562. The van der Waals surface area contributed by atoms with Crippen molar-refractivity contribution in [3.63, 3.8) is 0 Å². The van der Waals surface area contributed by atoms with Gasteiger partial charge in [0.1, 0.15) is 11.6 Å². The summed E-state index contributed by atoms with van der Waals surface area (Å²) in [6.45, 7) is 3.90. The van der Waals surface area contributed by atoms with Gasteiger partial charge in [0.25, 0.3) is 0 Å². The van der Waals surface area contributed by atoms with E-state index in [1.807, 2.05) is 0 Å². The first-order chi connectivity index (χ1) is 9.57. The maximum atomic E-state index is 13.2. The number of benzene rings is 1. The van der Waals surface area contributed by atoms with Crippen LogP contribution in [0.25, 0.3) is 0 Å². The highest BCUT2D eigenvalue weighted by atomic mass is 79.9. The largest absolute Gasteiger partial charge is 0.316 e. The van der Waals surface area contributed by atoms with Crippen LogP contribution in [0.1, 0.15) is 38.2 Å². The molecule has 20 heavy (non-hydrogen) atoms. The molecule has 1 fully saturated rings. The lowest BCUT2D eigenvalue weighted by Crippen LogP contribution is -2.46. The molecule has 0 spiro atoms. The van der Waals surface area contributed by atoms with Gasteiger partial charge >= 0.3 is 0 Å². The van der Waals surface area contributed by atoms with Crippen LogP contribution in [0.3, 0.4) is 0 Å². The normalized spacial score (nSPS) is 22.8. The van der Waals surface area contributed by atoms with Crippen molar-refractivity contribution >= 4 is 21.7 Å². The number of rotatable bonds is 5. The predicted octanol–water partition coefficient (Wildman–Crippen LogP) is 3.87. The lowest BCUT2D eigenvalue weighted by Gasteiger charge is -2.36. The van der Waals surface area contributed by atoms with Crippen LogP contribution < -0.4 is 5.32 Å². The van der Waals surface area contributed by atoms with E-state index >= 15 is 0 Å². The average Bonchev–Trinajstić information content (AvgIpc) is 2.44. The second-order valence-electron chi connectivity index (χ2n) is 5.66. The van der Waals surface area contributed by atoms with E-state index in [1.165, 1.54) is 6.07 Å². The van der Waals surface area contributed by atoms with Gasteiger partial charge in [-0.1, -0.05) is 19.4 Å². The van der Waals surface area contributed by atoms with Gasteiger partial charge < -0.3 is 5.32 Å². The van der Waals surface area contributed by atoms with Crippen molar-refractivity contribution in [3.8, 4) is 0 Å². The zero-order valence-corrected chi connectivity index (χ0v) is 13.4. The van der Waals surface area contributed by atoms with Crippen molar-refractivity contribution in [1.82, 2.24) is 5.32 Å². The molecule has 1 N–H and O–H groups in total. The second-order valence-corrected chi connectivity index (χ2v) is 6.51. The number of nitrogens with one attached hydrogen (secondary N) is 1. The van der Waals surface area contributed by atoms with Crippen LogP contribution in [0.2, 0.25) is 0 Å². The number of piperidine rings is 1. The molecule has 110 valence electrons. The third-order valence-corrected chi connectivity index (χ3v) is 4.75.